The highest BCUT2D eigenvalue weighted by atomic mass is 19.1. The minimum atomic E-state index is -0.285. The lowest BCUT2D eigenvalue weighted by molar-refractivity contribution is -0.123. The zero-order valence-electron chi connectivity index (χ0n) is 15.8. The summed E-state index contributed by atoms with van der Waals surface area (Å²) in [4.78, 5) is 28.1. The summed E-state index contributed by atoms with van der Waals surface area (Å²) >= 11 is 0. The van der Waals surface area contributed by atoms with E-state index >= 15 is 0 Å². The number of hydrogen-bond acceptors (Lipinski definition) is 3. The van der Waals surface area contributed by atoms with Crippen LogP contribution in [0, 0.1) is 11.7 Å². The van der Waals surface area contributed by atoms with Gasteiger partial charge >= 0.3 is 6.03 Å². The number of rotatable bonds is 6. The number of nitrogens with one attached hydrogen (secondary N) is 2. The minimum Gasteiger partial charge on any atom is -0.348 e. The molecule has 1 aromatic rings. The van der Waals surface area contributed by atoms with Gasteiger partial charge in [0.15, 0.2) is 0 Å². The molecule has 1 fully saturated rings. The van der Waals surface area contributed by atoms with E-state index < -0.39 is 0 Å². The molecule has 0 aliphatic carbocycles. The summed E-state index contributed by atoms with van der Waals surface area (Å²) in [6.45, 7) is 9.44. The van der Waals surface area contributed by atoms with Gasteiger partial charge in [-0.3, -0.25) is 9.69 Å². The molecule has 6 nitrogen and oxygen atoms in total. The number of halogens is 1. The third kappa shape index (κ3) is 5.69. The van der Waals surface area contributed by atoms with E-state index in [1.807, 2.05) is 25.7 Å². The number of hydrogen-bond donors (Lipinski definition) is 2. The lowest BCUT2D eigenvalue weighted by Crippen LogP contribution is -2.53. The largest absolute Gasteiger partial charge is 0.348 e. The first kappa shape index (κ1) is 20.2. The molecule has 1 aliphatic rings. The molecular formula is C19H29FN4O2. The Morgan fingerprint density at radius 2 is 1.73 bits per heavy atom. The third-order valence-electron chi connectivity index (χ3n) is 4.57. The van der Waals surface area contributed by atoms with Crippen LogP contribution in [-0.4, -0.2) is 61.0 Å². The van der Waals surface area contributed by atoms with E-state index in [-0.39, 0.29) is 29.7 Å². The summed E-state index contributed by atoms with van der Waals surface area (Å²) < 4.78 is 13.1. The first-order valence-electron chi connectivity index (χ1n) is 9.20. The molecule has 1 heterocycles. The van der Waals surface area contributed by atoms with Crippen molar-refractivity contribution in [3.8, 4) is 0 Å². The van der Waals surface area contributed by atoms with Crippen molar-refractivity contribution >= 4 is 11.9 Å². The Hall–Kier alpha value is -2.15. The van der Waals surface area contributed by atoms with Gasteiger partial charge in [0, 0.05) is 32.7 Å². The van der Waals surface area contributed by atoms with E-state index in [0.29, 0.717) is 39.3 Å². The first-order chi connectivity index (χ1) is 12.4. The van der Waals surface area contributed by atoms with Crippen LogP contribution < -0.4 is 10.6 Å². The number of piperazine rings is 1. The van der Waals surface area contributed by atoms with Crippen molar-refractivity contribution in [3.63, 3.8) is 0 Å². The maximum absolute atomic E-state index is 13.1. The first-order valence-corrected chi connectivity index (χ1v) is 9.20. The Morgan fingerprint density at radius 3 is 2.27 bits per heavy atom. The predicted molar refractivity (Wildman–Crippen MR) is 99.2 cm³/mol. The van der Waals surface area contributed by atoms with Crippen LogP contribution in [0.1, 0.15) is 32.4 Å². The molecule has 7 heteroatoms. The molecule has 144 valence electrons. The summed E-state index contributed by atoms with van der Waals surface area (Å²) in [5, 5.41) is 5.85. The van der Waals surface area contributed by atoms with Crippen LogP contribution in [0.5, 0.6) is 0 Å². The summed E-state index contributed by atoms with van der Waals surface area (Å²) in [5.74, 6) is -0.147. The van der Waals surface area contributed by atoms with Gasteiger partial charge in [0.05, 0.1) is 12.6 Å². The van der Waals surface area contributed by atoms with Crippen molar-refractivity contribution in [1.29, 1.82) is 0 Å². The van der Waals surface area contributed by atoms with Crippen LogP contribution >= 0.6 is 0 Å². The molecule has 1 saturated heterocycles. The van der Waals surface area contributed by atoms with Gasteiger partial charge in [0.25, 0.3) is 0 Å². The van der Waals surface area contributed by atoms with Crippen LogP contribution in [-0.2, 0) is 4.79 Å². The molecular weight excluding hydrogens is 335 g/mol. The smallest absolute Gasteiger partial charge is 0.317 e. The number of carbonyl (C=O) groups is 2. The maximum Gasteiger partial charge on any atom is 0.317 e. The van der Waals surface area contributed by atoms with Gasteiger partial charge in [-0.2, -0.15) is 0 Å². The number of nitrogens with zero attached hydrogens (tertiary/aromatic N) is 2. The van der Waals surface area contributed by atoms with Gasteiger partial charge < -0.3 is 15.5 Å². The van der Waals surface area contributed by atoms with E-state index in [9.17, 15) is 14.0 Å². The van der Waals surface area contributed by atoms with Crippen LogP contribution in [0.3, 0.4) is 0 Å². The molecule has 0 bridgehead atoms. The van der Waals surface area contributed by atoms with Gasteiger partial charge in [-0.25, -0.2) is 9.18 Å². The summed E-state index contributed by atoms with van der Waals surface area (Å²) in [7, 11) is 0. The van der Waals surface area contributed by atoms with Gasteiger partial charge in [0.2, 0.25) is 5.91 Å². The van der Waals surface area contributed by atoms with E-state index in [1.165, 1.54) is 12.1 Å². The highest BCUT2D eigenvalue weighted by Crippen LogP contribution is 2.21. The fraction of sp³-hybridized carbons (Fsp3) is 0.579. The van der Waals surface area contributed by atoms with Crippen molar-refractivity contribution in [1.82, 2.24) is 20.4 Å². The second kappa shape index (κ2) is 9.52. The Balaban J connectivity index is 1.85. The van der Waals surface area contributed by atoms with Gasteiger partial charge in [0.1, 0.15) is 5.82 Å². The number of carbonyl (C=O) groups excluding carboxylic acids is 2. The zero-order valence-corrected chi connectivity index (χ0v) is 15.8. The summed E-state index contributed by atoms with van der Waals surface area (Å²) in [6.07, 6.45) is 0. The summed E-state index contributed by atoms with van der Waals surface area (Å²) in [5.41, 5.74) is 0.899. The van der Waals surface area contributed by atoms with Crippen molar-refractivity contribution in [2.24, 2.45) is 5.92 Å². The van der Waals surface area contributed by atoms with Crippen molar-refractivity contribution < 1.29 is 14.0 Å². The molecule has 1 atom stereocenters. The van der Waals surface area contributed by atoms with Gasteiger partial charge in [-0.05, 0) is 30.5 Å². The van der Waals surface area contributed by atoms with E-state index in [0.717, 1.165) is 5.56 Å². The average molecular weight is 364 g/mol. The quantitative estimate of drug-likeness (QED) is 0.811. The second-order valence-corrected chi connectivity index (χ2v) is 6.94. The van der Waals surface area contributed by atoms with E-state index in [1.54, 1.807) is 17.0 Å². The van der Waals surface area contributed by atoms with Crippen LogP contribution in [0.2, 0.25) is 0 Å². The van der Waals surface area contributed by atoms with Crippen molar-refractivity contribution in [2.45, 2.75) is 26.8 Å². The zero-order chi connectivity index (χ0) is 19.1. The van der Waals surface area contributed by atoms with Crippen LogP contribution in [0.15, 0.2) is 24.3 Å². The fourth-order valence-electron chi connectivity index (χ4n) is 3.10. The van der Waals surface area contributed by atoms with Crippen LogP contribution in [0.4, 0.5) is 9.18 Å². The molecule has 0 spiro atoms. The van der Waals surface area contributed by atoms with E-state index in [2.05, 4.69) is 10.6 Å². The second-order valence-electron chi connectivity index (χ2n) is 6.94. The number of amides is 3. The molecule has 0 radical (unpaired) electrons. The molecule has 1 aliphatic heterocycles. The molecule has 2 rings (SSSR count). The molecule has 26 heavy (non-hydrogen) atoms. The fourth-order valence-corrected chi connectivity index (χ4v) is 3.10. The lowest BCUT2D eigenvalue weighted by Gasteiger charge is -2.34. The minimum absolute atomic E-state index is 0.0483. The molecule has 1 aromatic carbocycles. The topological polar surface area (TPSA) is 64.7 Å². The van der Waals surface area contributed by atoms with E-state index in [4.69, 9.17) is 0 Å². The lowest BCUT2D eigenvalue weighted by atomic mass is 9.96. The summed E-state index contributed by atoms with van der Waals surface area (Å²) in [6, 6.07) is 6.05. The third-order valence-corrected chi connectivity index (χ3v) is 4.57. The molecule has 3 amide bonds. The SMILES string of the molecule is CCNC(=O)N1CCN(CC(=O)NC(c2ccc(F)cc2)C(C)C)CC1. The highest BCUT2D eigenvalue weighted by Gasteiger charge is 2.24. The van der Waals surface area contributed by atoms with Crippen molar-refractivity contribution in [2.75, 3.05) is 39.3 Å². The Bertz CT molecular complexity index is 598. The predicted octanol–water partition coefficient (Wildman–Crippen LogP) is 1.99. The van der Waals surface area contributed by atoms with Crippen molar-refractivity contribution in [3.05, 3.63) is 35.6 Å². The molecule has 2 N–H and O–H groups in total. The average Bonchev–Trinajstić information content (AvgIpc) is 2.61. The van der Waals surface area contributed by atoms with Gasteiger partial charge in [-0.1, -0.05) is 26.0 Å². The maximum atomic E-state index is 13.1. The normalized spacial score (nSPS) is 16.4. The Labute approximate surface area is 154 Å². The standard InChI is InChI=1S/C19H29FN4O2/c1-4-21-19(26)24-11-9-23(10-12-24)13-17(25)22-18(14(2)3)15-5-7-16(20)8-6-15/h5-8,14,18H,4,9-13H2,1-3H3,(H,21,26)(H,22,25). The molecule has 1 unspecified atom stereocenters. The Kier molecular flexibility index (Phi) is 7.38. The number of urea groups is 1. The number of benzene rings is 1. The van der Waals surface area contributed by atoms with Gasteiger partial charge in [-0.15, -0.1) is 0 Å². The van der Waals surface area contributed by atoms with Crippen LogP contribution in [0.25, 0.3) is 0 Å². The highest BCUT2D eigenvalue weighted by molar-refractivity contribution is 5.78. The molecule has 0 saturated carbocycles. The molecule has 0 aromatic heterocycles. The Morgan fingerprint density at radius 1 is 1.12 bits per heavy atom. The monoisotopic (exact) mass is 364 g/mol.